The molecule has 0 saturated heterocycles. The van der Waals surface area contributed by atoms with Crippen LogP contribution in [0.4, 0.5) is 5.69 Å². The molecule has 0 aromatic heterocycles. The maximum absolute atomic E-state index is 10.7. The highest BCUT2D eigenvalue weighted by Crippen LogP contribution is 2.17. The first kappa shape index (κ1) is 15.2. The van der Waals surface area contributed by atoms with Gasteiger partial charge in [-0.1, -0.05) is 42.5 Å². The summed E-state index contributed by atoms with van der Waals surface area (Å²) in [4.78, 5) is 11.7. The van der Waals surface area contributed by atoms with Crippen LogP contribution >= 0.6 is 0 Å². The lowest BCUT2D eigenvalue weighted by atomic mass is 10.0. The van der Waals surface area contributed by atoms with Crippen LogP contribution in [0, 0.1) is 10.1 Å². The van der Waals surface area contributed by atoms with Gasteiger partial charge in [-0.2, -0.15) is 0 Å². The van der Waals surface area contributed by atoms with E-state index in [9.17, 15) is 10.1 Å². The number of hydrogen-bond donors (Lipinski definition) is 1. The number of hydrogen-bond acceptors (Lipinski definition) is 2. The molecule has 23 heavy (non-hydrogen) atoms. The first-order valence-corrected chi connectivity index (χ1v) is 7.65. The molecular formula is C19H19N2O2+. The van der Waals surface area contributed by atoms with Gasteiger partial charge in [-0.3, -0.25) is 10.1 Å². The lowest BCUT2D eigenvalue weighted by molar-refractivity contribution is -0.907. The number of nitro groups is 1. The van der Waals surface area contributed by atoms with Gasteiger partial charge in [0.1, 0.15) is 13.1 Å². The van der Waals surface area contributed by atoms with Crippen LogP contribution in [0.3, 0.4) is 0 Å². The summed E-state index contributed by atoms with van der Waals surface area (Å²) in [6, 6.07) is 21.6. The third-order valence-corrected chi connectivity index (χ3v) is 4.03. The van der Waals surface area contributed by atoms with Crippen molar-refractivity contribution in [2.75, 3.05) is 7.05 Å². The zero-order valence-electron chi connectivity index (χ0n) is 13.0. The molecule has 0 bridgehead atoms. The van der Waals surface area contributed by atoms with E-state index in [4.69, 9.17) is 0 Å². The summed E-state index contributed by atoms with van der Waals surface area (Å²) in [6.45, 7) is 1.75. The highest BCUT2D eigenvalue weighted by Gasteiger charge is 2.10. The van der Waals surface area contributed by atoms with Crippen LogP contribution in [0.1, 0.15) is 11.1 Å². The number of non-ortho nitro benzene ring substituents is 1. The van der Waals surface area contributed by atoms with Gasteiger partial charge < -0.3 is 4.90 Å². The van der Waals surface area contributed by atoms with E-state index in [0.717, 1.165) is 18.7 Å². The van der Waals surface area contributed by atoms with Crippen molar-refractivity contribution in [1.29, 1.82) is 0 Å². The van der Waals surface area contributed by atoms with E-state index in [0.29, 0.717) is 0 Å². The van der Waals surface area contributed by atoms with Crippen LogP contribution in [-0.2, 0) is 13.1 Å². The van der Waals surface area contributed by atoms with Crippen molar-refractivity contribution >= 4 is 16.5 Å². The summed E-state index contributed by atoms with van der Waals surface area (Å²) in [6.07, 6.45) is 0. The molecular weight excluding hydrogens is 288 g/mol. The number of nitrogens with zero attached hydrogens (tertiary/aromatic N) is 1. The Morgan fingerprint density at radius 2 is 1.61 bits per heavy atom. The van der Waals surface area contributed by atoms with Gasteiger partial charge in [0.05, 0.1) is 12.0 Å². The molecule has 0 fully saturated rings. The molecule has 1 atom stereocenters. The Bertz CT molecular complexity index is 823. The zero-order valence-corrected chi connectivity index (χ0v) is 13.0. The average Bonchev–Trinajstić information content (AvgIpc) is 2.55. The Morgan fingerprint density at radius 3 is 2.35 bits per heavy atom. The third kappa shape index (κ3) is 3.55. The predicted molar refractivity (Wildman–Crippen MR) is 91.3 cm³/mol. The van der Waals surface area contributed by atoms with Gasteiger partial charge in [0.15, 0.2) is 0 Å². The number of benzene rings is 3. The van der Waals surface area contributed by atoms with E-state index in [1.807, 2.05) is 12.1 Å². The van der Waals surface area contributed by atoms with E-state index < -0.39 is 0 Å². The van der Waals surface area contributed by atoms with Crippen LogP contribution in [0.25, 0.3) is 10.8 Å². The van der Waals surface area contributed by atoms with Crippen molar-refractivity contribution in [3.63, 3.8) is 0 Å². The molecule has 1 N–H and O–H groups in total. The molecule has 3 rings (SSSR count). The molecule has 1 unspecified atom stereocenters. The van der Waals surface area contributed by atoms with Gasteiger partial charge in [0.25, 0.3) is 5.69 Å². The Hall–Kier alpha value is -2.72. The highest BCUT2D eigenvalue weighted by atomic mass is 16.6. The van der Waals surface area contributed by atoms with Crippen LogP contribution in [0.5, 0.6) is 0 Å². The minimum Gasteiger partial charge on any atom is -0.330 e. The predicted octanol–water partition coefficient (Wildman–Crippen LogP) is 2.96. The topological polar surface area (TPSA) is 47.6 Å². The molecule has 0 aliphatic heterocycles. The van der Waals surface area contributed by atoms with E-state index in [1.54, 1.807) is 12.1 Å². The summed E-state index contributed by atoms with van der Waals surface area (Å²) in [5.41, 5.74) is 2.57. The standard InChI is InChI=1S/C19H18N2O2/c1-20(13-15-9-11-18(12-10-15)21(22)23)14-17-7-4-6-16-5-2-3-8-19(16)17/h2-12H,13-14H2,1H3/p+1. The fourth-order valence-corrected chi connectivity index (χ4v) is 2.92. The Kier molecular flexibility index (Phi) is 4.35. The second-order valence-electron chi connectivity index (χ2n) is 5.87. The van der Waals surface area contributed by atoms with Gasteiger partial charge in [-0.25, -0.2) is 0 Å². The van der Waals surface area contributed by atoms with Crippen molar-refractivity contribution in [2.24, 2.45) is 0 Å². The number of nitrogens with one attached hydrogen (secondary N) is 1. The quantitative estimate of drug-likeness (QED) is 0.582. The van der Waals surface area contributed by atoms with Crippen LogP contribution in [0.2, 0.25) is 0 Å². The minimum absolute atomic E-state index is 0.139. The Morgan fingerprint density at radius 1 is 0.913 bits per heavy atom. The maximum atomic E-state index is 10.7. The smallest absolute Gasteiger partial charge is 0.269 e. The lowest BCUT2D eigenvalue weighted by Crippen LogP contribution is -3.06. The molecule has 116 valence electrons. The van der Waals surface area contributed by atoms with Crippen molar-refractivity contribution in [2.45, 2.75) is 13.1 Å². The summed E-state index contributed by atoms with van der Waals surface area (Å²) < 4.78 is 0. The van der Waals surface area contributed by atoms with E-state index in [2.05, 4.69) is 49.5 Å². The van der Waals surface area contributed by atoms with Crippen molar-refractivity contribution in [3.05, 3.63) is 88.0 Å². The number of nitro benzene ring substituents is 1. The van der Waals surface area contributed by atoms with Gasteiger partial charge in [0.2, 0.25) is 0 Å². The summed E-state index contributed by atoms with van der Waals surface area (Å²) in [7, 11) is 2.14. The average molecular weight is 307 g/mol. The van der Waals surface area contributed by atoms with Crippen molar-refractivity contribution in [1.82, 2.24) is 0 Å². The third-order valence-electron chi connectivity index (χ3n) is 4.03. The molecule has 0 aliphatic rings. The van der Waals surface area contributed by atoms with E-state index >= 15 is 0 Å². The van der Waals surface area contributed by atoms with Gasteiger partial charge in [-0.15, -0.1) is 0 Å². The van der Waals surface area contributed by atoms with E-state index in [-0.39, 0.29) is 10.6 Å². The molecule has 0 saturated carbocycles. The van der Waals surface area contributed by atoms with Crippen LogP contribution in [-0.4, -0.2) is 12.0 Å². The number of quaternary nitrogens is 1. The normalized spacial score (nSPS) is 12.2. The Balaban J connectivity index is 1.73. The molecule has 0 spiro atoms. The lowest BCUT2D eigenvalue weighted by Gasteiger charge is -2.15. The fourth-order valence-electron chi connectivity index (χ4n) is 2.92. The second-order valence-corrected chi connectivity index (χ2v) is 5.87. The summed E-state index contributed by atoms with van der Waals surface area (Å²) in [5, 5.41) is 13.2. The Labute approximate surface area is 135 Å². The molecule has 0 aliphatic carbocycles. The summed E-state index contributed by atoms with van der Waals surface area (Å²) >= 11 is 0. The van der Waals surface area contributed by atoms with Gasteiger partial charge in [0, 0.05) is 23.3 Å². The SMILES string of the molecule is C[NH+](Cc1ccc([N+](=O)[O-])cc1)Cc1cccc2ccccc12. The molecule has 4 heteroatoms. The van der Waals surface area contributed by atoms with Gasteiger partial charge in [-0.05, 0) is 22.9 Å². The highest BCUT2D eigenvalue weighted by molar-refractivity contribution is 5.85. The molecule has 0 amide bonds. The summed E-state index contributed by atoms with van der Waals surface area (Å²) in [5.74, 6) is 0. The first-order chi connectivity index (χ1) is 11.1. The van der Waals surface area contributed by atoms with E-state index in [1.165, 1.54) is 21.2 Å². The van der Waals surface area contributed by atoms with Crippen LogP contribution in [0.15, 0.2) is 66.7 Å². The largest absolute Gasteiger partial charge is 0.330 e. The second kappa shape index (κ2) is 6.58. The van der Waals surface area contributed by atoms with Crippen molar-refractivity contribution < 1.29 is 9.82 Å². The van der Waals surface area contributed by atoms with Gasteiger partial charge >= 0.3 is 0 Å². The number of fused-ring (bicyclic) bond motifs is 1. The minimum atomic E-state index is -0.365. The van der Waals surface area contributed by atoms with Crippen LogP contribution < -0.4 is 4.90 Å². The fraction of sp³-hybridized carbons (Fsp3) is 0.158. The molecule has 3 aromatic carbocycles. The zero-order chi connectivity index (χ0) is 16.2. The molecule has 4 nitrogen and oxygen atoms in total. The molecule has 0 heterocycles. The number of rotatable bonds is 5. The first-order valence-electron chi connectivity index (χ1n) is 7.65. The monoisotopic (exact) mass is 307 g/mol. The molecule has 0 radical (unpaired) electrons. The maximum Gasteiger partial charge on any atom is 0.269 e. The van der Waals surface area contributed by atoms with Crippen molar-refractivity contribution in [3.8, 4) is 0 Å². The molecule has 3 aromatic rings.